The van der Waals surface area contributed by atoms with Crippen LogP contribution in [-0.2, 0) is 9.47 Å². The van der Waals surface area contributed by atoms with Crippen molar-refractivity contribution in [2.24, 2.45) is 0 Å². The summed E-state index contributed by atoms with van der Waals surface area (Å²) in [6.45, 7) is 1.20. The minimum absolute atomic E-state index is 0.0143. The average Bonchev–Trinajstić information content (AvgIpc) is 3.02. The maximum atomic E-state index is 12.3. The standard InChI is InChI=1S/C16H14O3/c17-15(12-5-2-1-3-6-12)13-7-4-8-14(11-13)16-18-9-10-19-16/h1-8,11,16H,9-10H2. The fourth-order valence-corrected chi connectivity index (χ4v) is 2.13. The van der Waals surface area contributed by atoms with Gasteiger partial charge in [0.15, 0.2) is 12.1 Å². The van der Waals surface area contributed by atoms with E-state index in [2.05, 4.69) is 0 Å². The molecule has 3 heteroatoms. The molecule has 1 fully saturated rings. The van der Waals surface area contributed by atoms with Crippen LogP contribution in [0.1, 0.15) is 27.8 Å². The lowest BCUT2D eigenvalue weighted by Crippen LogP contribution is -2.04. The summed E-state index contributed by atoms with van der Waals surface area (Å²) in [4.78, 5) is 12.3. The van der Waals surface area contributed by atoms with E-state index in [9.17, 15) is 4.79 Å². The first-order chi connectivity index (χ1) is 9.34. The van der Waals surface area contributed by atoms with Crippen molar-refractivity contribution in [2.45, 2.75) is 6.29 Å². The Bertz CT molecular complexity index is 572. The average molecular weight is 254 g/mol. The number of benzene rings is 2. The number of ketones is 1. The molecule has 0 saturated carbocycles. The summed E-state index contributed by atoms with van der Waals surface area (Å²) in [5.74, 6) is 0.0143. The van der Waals surface area contributed by atoms with Crippen molar-refractivity contribution in [3.8, 4) is 0 Å². The number of carbonyl (C=O) groups excluding carboxylic acids is 1. The van der Waals surface area contributed by atoms with E-state index in [0.717, 1.165) is 5.56 Å². The molecule has 0 atom stereocenters. The van der Waals surface area contributed by atoms with Crippen LogP contribution in [0.25, 0.3) is 0 Å². The van der Waals surface area contributed by atoms with Crippen LogP contribution < -0.4 is 0 Å². The maximum absolute atomic E-state index is 12.3. The van der Waals surface area contributed by atoms with Gasteiger partial charge in [-0.2, -0.15) is 0 Å². The summed E-state index contributed by atoms with van der Waals surface area (Å²) < 4.78 is 10.9. The Morgan fingerprint density at radius 2 is 1.58 bits per heavy atom. The molecule has 1 saturated heterocycles. The van der Waals surface area contributed by atoms with Gasteiger partial charge in [0.2, 0.25) is 0 Å². The summed E-state index contributed by atoms with van der Waals surface area (Å²) in [5.41, 5.74) is 2.23. The highest BCUT2D eigenvalue weighted by atomic mass is 16.7. The molecule has 1 aliphatic heterocycles. The Morgan fingerprint density at radius 1 is 0.895 bits per heavy atom. The van der Waals surface area contributed by atoms with Crippen molar-refractivity contribution >= 4 is 5.78 Å². The van der Waals surface area contributed by atoms with Gasteiger partial charge in [-0.15, -0.1) is 0 Å². The lowest BCUT2D eigenvalue weighted by Gasteiger charge is -2.10. The zero-order chi connectivity index (χ0) is 13.1. The molecule has 0 N–H and O–H groups in total. The Balaban J connectivity index is 1.89. The molecule has 0 radical (unpaired) electrons. The minimum Gasteiger partial charge on any atom is -0.346 e. The second-order valence-electron chi connectivity index (χ2n) is 4.39. The van der Waals surface area contributed by atoms with E-state index in [4.69, 9.17) is 9.47 Å². The normalized spacial score (nSPS) is 15.6. The molecule has 19 heavy (non-hydrogen) atoms. The summed E-state index contributed by atoms with van der Waals surface area (Å²) in [5, 5.41) is 0. The molecule has 0 aromatic heterocycles. The van der Waals surface area contributed by atoms with Gasteiger partial charge in [-0.3, -0.25) is 4.79 Å². The molecule has 2 aromatic carbocycles. The zero-order valence-electron chi connectivity index (χ0n) is 10.4. The molecule has 3 nitrogen and oxygen atoms in total. The molecule has 96 valence electrons. The largest absolute Gasteiger partial charge is 0.346 e. The summed E-state index contributed by atoms with van der Waals surface area (Å²) >= 11 is 0. The van der Waals surface area contributed by atoms with Crippen LogP contribution in [0, 0.1) is 0 Å². The third-order valence-electron chi connectivity index (χ3n) is 3.08. The number of hydrogen-bond donors (Lipinski definition) is 0. The first kappa shape index (κ1) is 12.1. The van der Waals surface area contributed by atoms with E-state index in [1.807, 2.05) is 54.6 Å². The Kier molecular flexibility index (Phi) is 3.40. The SMILES string of the molecule is O=C(c1ccccc1)c1cccc(C2OCCO2)c1. The molecule has 3 rings (SSSR count). The van der Waals surface area contributed by atoms with E-state index in [1.54, 1.807) is 0 Å². The van der Waals surface area contributed by atoms with E-state index in [-0.39, 0.29) is 12.1 Å². The van der Waals surface area contributed by atoms with Gasteiger partial charge in [-0.25, -0.2) is 0 Å². The number of carbonyl (C=O) groups is 1. The number of rotatable bonds is 3. The molecule has 0 unspecified atom stereocenters. The molecule has 1 aliphatic rings. The first-order valence-electron chi connectivity index (χ1n) is 6.27. The van der Waals surface area contributed by atoms with E-state index in [1.165, 1.54) is 0 Å². The van der Waals surface area contributed by atoms with Gasteiger partial charge >= 0.3 is 0 Å². The van der Waals surface area contributed by atoms with Crippen molar-refractivity contribution in [2.75, 3.05) is 13.2 Å². The third-order valence-corrected chi connectivity index (χ3v) is 3.08. The highest BCUT2D eigenvalue weighted by Gasteiger charge is 2.19. The van der Waals surface area contributed by atoms with E-state index in [0.29, 0.717) is 24.3 Å². The molecule has 0 bridgehead atoms. The predicted molar refractivity (Wildman–Crippen MR) is 71.0 cm³/mol. The van der Waals surface area contributed by atoms with Gasteiger partial charge in [0.05, 0.1) is 13.2 Å². The van der Waals surface area contributed by atoms with Crippen LogP contribution in [0.15, 0.2) is 54.6 Å². The van der Waals surface area contributed by atoms with Gasteiger partial charge in [0, 0.05) is 16.7 Å². The topological polar surface area (TPSA) is 35.5 Å². The Hall–Kier alpha value is -1.97. The molecule has 0 aliphatic carbocycles. The molecular weight excluding hydrogens is 240 g/mol. The second kappa shape index (κ2) is 5.34. The fraction of sp³-hybridized carbons (Fsp3) is 0.188. The van der Waals surface area contributed by atoms with Crippen LogP contribution in [0.4, 0.5) is 0 Å². The van der Waals surface area contributed by atoms with Gasteiger partial charge in [-0.05, 0) is 6.07 Å². The molecule has 1 heterocycles. The van der Waals surface area contributed by atoms with Crippen molar-refractivity contribution < 1.29 is 14.3 Å². The van der Waals surface area contributed by atoms with Crippen molar-refractivity contribution in [3.63, 3.8) is 0 Å². The van der Waals surface area contributed by atoms with Gasteiger partial charge in [-0.1, -0.05) is 48.5 Å². The summed E-state index contributed by atoms with van der Waals surface area (Å²) in [6.07, 6.45) is -0.344. The van der Waals surface area contributed by atoms with E-state index < -0.39 is 0 Å². The van der Waals surface area contributed by atoms with Gasteiger partial charge in [0.25, 0.3) is 0 Å². The number of ether oxygens (including phenoxy) is 2. The van der Waals surface area contributed by atoms with Crippen LogP contribution in [0.3, 0.4) is 0 Å². The Morgan fingerprint density at radius 3 is 2.32 bits per heavy atom. The summed E-state index contributed by atoms with van der Waals surface area (Å²) in [7, 11) is 0. The van der Waals surface area contributed by atoms with Gasteiger partial charge in [0.1, 0.15) is 0 Å². The van der Waals surface area contributed by atoms with E-state index >= 15 is 0 Å². The van der Waals surface area contributed by atoms with Crippen LogP contribution in [0.2, 0.25) is 0 Å². The van der Waals surface area contributed by atoms with Crippen molar-refractivity contribution in [3.05, 3.63) is 71.3 Å². The van der Waals surface area contributed by atoms with Crippen molar-refractivity contribution in [1.29, 1.82) is 0 Å². The predicted octanol–water partition coefficient (Wildman–Crippen LogP) is 2.96. The number of hydrogen-bond acceptors (Lipinski definition) is 3. The zero-order valence-corrected chi connectivity index (χ0v) is 10.4. The molecule has 0 amide bonds. The highest BCUT2D eigenvalue weighted by molar-refractivity contribution is 6.09. The second-order valence-corrected chi connectivity index (χ2v) is 4.39. The first-order valence-corrected chi connectivity index (χ1v) is 6.27. The van der Waals surface area contributed by atoms with Crippen molar-refractivity contribution in [1.82, 2.24) is 0 Å². The smallest absolute Gasteiger partial charge is 0.193 e. The maximum Gasteiger partial charge on any atom is 0.193 e. The molecule has 2 aromatic rings. The van der Waals surface area contributed by atoms with Gasteiger partial charge < -0.3 is 9.47 Å². The third kappa shape index (κ3) is 2.57. The fourth-order valence-electron chi connectivity index (χ4n) is 2.13. The lowest BCUT2D eigenvalue weighted by atomic mass is 10.0. The van der Waals surface area contributed by atoms with Crippen LogP contribution >= 0.6 is 0 Å². The van der Waals surface area contributed by atoms with Crippen LogP contribution in [0.5, 0.6) is 0 Å². The monoisotopic (exact) mass is 254 g/mol. The summed E-state index contributed by atoms with van der Waals surface area (Å²) in [6, 6.07) is 16.7. The Labute approximate surface area is 111 Å². The molecule has 0 spiro atoms. The molecular formula is C16H14O3. The highest BCUT2D eigenvalue weighted by Crippen LogP contribution is 2.24. The lowest BCUT2D eigenvalue weighted by molar-refractivity contribution is -0.0441. The quantitative estimate of drug-likeness (QED) is 0.790. The minimum atomic E-state index is -0.344. The van der Waals surface area contributed by atoms with Crippen LogP contribution in [-0.4, -0.2) is 19.0 Å².